The molecule has 0 saturated heterocycles. The molecular weight excluding hydrogens is 484 g/mol. The van der Waals surface area contributed by atoms with Gasteiger partial charge in [-0.3, -0.25) is 0 Å². The maximum absolute atomic E-state index is 4.28. The lowest BCUT2D eigenvalue weighted by molar-refractivity contribution is 1.06. The third-order valence-electron chi connectivity index (χ3n) is 7.25. The zero-order chi connectivity index (χ0) is 25.1. The summed E-state index contributed by atoms with van der Waals surface area (Å²) in [6.07, 6.45) is 3.06. The van der Waals surface area contributed by atoms with E-state index in [2.05, 4.69) is 129 Å². The first-order chi connectivity index (χ1) is 18.8. The summed E-state index contributed by atoms with van der Waals surface area (Å²) in [6.45, 7) is 0. The monoisotopic (exact) mass is 504 g/mol. The minimum atomic E-state index is 0.681. The highest BCUT2D eigenvalue weighted by Gasteiger charge is 2.18. The van der Waals surface area contributed by atoms with Gasteiger partial charge in [-0.2, -0.15) is 0 Å². The second kappa shape index (κ2) is 8.33. The molecule has 8 aromatic rings. The van der Waals surface area contributed by atoms with Gasteiger partial charge in [0.25, 0.3) is 0 Å². The van der Waals surface area contributed by atoms with Crippen LogP contribution in [-0.2, 0) is 0 Å². The molecule has 0 amide bonds. The Balaban J connectivity index is 1.40. The molecular formula is C33H20N4S. The minimum absolute atomic E-state index is 0.681. The van der Waals surface area contributed by atoms with E-state index in [0.717, 1.165) is 11.1 Å². The van der Waals surface area contributed by atoms with Gasteiger partial charge in [-0.05, 0) is 47.5 Å². The molecule has 0 atom stereocenters. The number of rotatable bonds is 3. The van der Waals surface area contributed by atoms with Crippen LogP contribution in [0.4, 0.5) is 0 Å². The second-order valence-electron chi connectivity index (χ2n) is 9.38. The smallest absolute Gasteiger partial charge is 0.162 e. The van der Waals surface area contributed by atoms with Crippen LogP contribution >= 0.6 is 11.3 Å². The van der Waals surface area contributed by atoms with Crippen molar-refractivity contribution in [2.24, 2.45) is 0 Å². The van der Waals surface area contributed by atoms with Crippen molar-refractivity contribution in [2.75, 3.05) is 0 Å². The molecule has 4 nitrogen and oxygen atoms in total. The topological polar surface area (TPSA) is 43.6 Å². The summed E-state index contributed by atoms with van der Waals surface area (Å²) < 4.78 is 5.06. The van der Waals surface area contributed by atoms with Gasteiger partial charge in [-0.15, -0.1) is 11.3 Å². The molecule has 38 heavy (non-hydrogen) atoms. The van der Waals surface area contributed by atoms with Gasteiger partial charge in [0.1, 0.15) is 12.7 Å². The Morgan fingerprint density at radius 2 is 1.29 bits per heavy atom. The summed E-state index contributed by atoms with van der Waals surface area (Å²) >= 11 is 1.86. The second-order valence-corrected chi connectivity index (χ2v) is 10.5. The molecule has 8 rings (SSSR count). The van der Waals surface area contributed by atoms with Crippen LogP contribution in [0.25, 0.3) is 70.2 Å². The zero-order valence-corrected chi connectivity index (χ0v) is 21.1. The zero-order valence-electron chi connectivity index (χ0n) is 20.2. The van der Waals surface area contributed by atoms with Gasteiger partial charge < -0.3 is 4.57 Å². The number of benzene rings is 5. The lowest BCUT2D eigenvalue weighted by Gasteiger charge is -2.09. The number of fused-ring (bicyclic) bond motifs is 7. The average Bonchev–Trinajstić information content (AvgIpc) is 3.53. The van der Waals surface area contributed by atoms with E-state index in [9.17, 15) is 0 Å². The van der Waals surface area contributed by atoms with Crippen LogP contribution in [0.15, 0.2) is 122 Å². The Bertz CT molecular complexity index is 2110. The molecule has 3 heterocycles. The van der Waals surface area contributed by atoms with Crippen LogP contribution < -0.4 is 0 Å². The highest BCUT2D eigenvalue weighted by Crippen LogP contribution is 2.43. The van der Waals surface area contributed by atoms with Crippen LogP contribution in [0.3, 0.4) is 0 Å². The van der Waals surface area contributed by atoms with Crippen LogP contribution in [0.1, 0.15) is 0 Å². The van der Waals surface area contributed by atoms with Crippen LogP contribution in [0, 0.1) is 0 Å². The van der Waals surface area contributed by atoms with Crippen molar-refractivity contribution >= 4 is 53.3 Å². The van der Waals surface area contributed by atoms with E-state index in [-0.39, 0.29) is 0 Å². The quantitative estimate of drug-likeness (QED) is 0.242. The molecule has 0 aliphatic carbocycles. The Labute approximate surface area is 222 Å². The average molecular weight is 505 g/mol. The summed E-state index contributed by atoms with van der Waals surface area (Å²) in [7, 11) is 0. The number of thiophene rings is 1. The van der Waals surface area contributed by atoms with Crippen molar-refractivity contribution < 1.29 is 0 Å². The molecule has 0 N–H and O–H groups in total. The molecule has 5 heteroatoms. The molecule has 0 fully saturated rings. The summed E-state index contributed by atoms with van der Waals surface area (Å²) in [6, 6.07) is 39.2. The van der Waals surface area contributed by atoms with Gasteiger partial charge in [0.2, 0.25) is 0 Å². The van der Waals surface area contributed by atoms with Gasteiger partial charge in [-0.25, -0.2) is 15.0 Å². The first-order valence-electron chi connectivity index (χ1n) is 12.5. The largest absolute Gasteiger partial charge is 0.309 e. The van der Waals surface area contributed by atoms with Crippen LogP contribution in [0.5, 0.6) is 0 Å². The highest BCUT2D eigenvalue weighted by molar-refractivity contribution is 7.26. The van der Waals surface area contributed by atoms with Gasteiger partial charge in [0.15, 0.2) is 5.82 Å². The molecule has 0 aliphatic heterocycles. The number of nitrogens with zero attached hydrogens (tertiary/aromatic N) is 4. The number of aromatic nitrogens is 4. The van der Waals surface area contributed by atoms with E-state index in [1.165, 1.54) is 65.9 Å². The van der Waals surface area contributed by atoms with Crippen molar-refractivity contribution in [2.45, 2.75) is 0 Å². The summed E-state index contributed by atoms with van der Waals surface area (Å²) in [5.74, 6) is 0.681. The van der Waals surface area contributed by atoms with Crippen molar-refractivity contribution in [3.05, 3.63) is 122 Å². The fourth-order valence-electron chi connectivity index (χ4n) is 5.54. The number of hydrogen-bond donors (Lipinski definition) is 0. The van der Waals surface area contributed by atoms with Gasteiger partial charge in [0.05, 0.1) is 11.0 Å². The van der Waals surface area contributed by atoms with Crippen molar-refractivity contribution in [3.8, 4) is 28.2 Å². The van der Waals surface area contributed by atoms with Crippen LogP contribution in [-0.4, -0.2) is 19.5 Å². The van der Waals surface area contributed by atoms with E-state index < -0.39 is 0 Å². The SMILES string of the molecule is c1ccc(-n2c3ccc(-c4ccc(-c5ncncn5)cc4)cc3c3ccc4sc5ccccc5c4c32)cc1. The fraction of sp³-hybridized carbons (Fsp3) is 0. The fourth-order valence-corrected chi connectivity index (χ4v) is 6.65. The summed E-state index contributed by atoms with van der Waals surface area (Å²) in [4.78, 5) is 12.5. The Morgan fingerprint density at radius 3 is 2.13 bits per heavy atom. The normalized spacial score (nSPS) is 11.7. The maximum atomic E-state index is 4.28. The lowest BCUT2D eigenvalue weighted by Crippen LogP contribution is -1.93. The molecule has 0 spiro atoms. The molecule has 3 aromatic heterocycles. The van der Waals surface area contributed by atoms with Gasteiger partial charge >= 0.3 is 0 Å². The van der Waals surface area contributed by atoms with Crippen molar-refractivity contribution in [1.29, 1.82) is 0 Å². The molecule has 0 saturated carbocycles. The minimum Gasteiger partial charge on any atom is -0.309 e. The molecule has 178 valence electrons. The third kappa shape index (κ3) is 3.19. The van der Waals surface area contributed by atoms with E-state index >= 15 is 0 Å². The summed E-state index contributed by atoms with van der Waals surface area (Å²) in [5, 5.41) is 5.15. The summed E-state index contributed by atoms with van der Waals surface area (Å²) in [5.41, 5.74) is 6.96. The highest BCUT2D eigenvalue weighted by atomic mass is 32.1. The van der Waals surface area contributed by atoms with E-state index in [4.69, 9.17) is 0 Å². The number of para-hydroxylation sites is 1. The van der Waals surface area contributed by atoms with Crippen molar-refractivity contribution in [1.82, 2.24) is 19.5 Å². The molecule has 0 radical (unpaired) electrons. The molecule has 0 bridgehead atoms. The Morgan fingerprint density at radius 1 is 0.553 bits per heavy atom. The Kier molecular flexibility index (Phi) is 4.66. The molecule has 0 aliphatic rings. The standard InChI is InChI=1S/C33H20N4S/c1-2-6-24(7-3-1)37-28-16-14-23(21-10-12-22(13-11-21)33-35-19-34-20-36-33)18-27(28)25-15-17-30-31(32(25)37)26-8-4-5-9-29(26)38-30/h1-20H. The van der Waals surface area contributed by atoms with Gasteiger partial charge in [-0.1, -0.05) is 72.8 Å². The number of hydrogen-bond acceptors (Lipinski definition) is 4. The van der Waals surface area contributed by atoms with Crippen molar-refractivity contribution in [3.63, 3.8) is 0 Å². The molecule has 5 aromatic carbocycles. The lowest BCUT2D eigenvalue weighted by atomic mass is 10.0. The van der Waals surface area contributed by atoms with E-state index in [1.54, 1.807) is 0 Å². The van der Waals surface area contributed by atoms with E-state index in [0.29, 0.717) is 5.82 Å². The Hall–Kier alpha value is -4.87. The first kappa shape index (κ1) is 21.2. The maximum Gasteiger partial charge on any atom is 0.162 e. The van der Waals surface area contributed by atoms with Gasteiger partial charge in [0, 0.05) is 42.2 Å². The third-order valence-corrected chi connectivity index (χ3v) is 8.39. The molecule has 0 unspecified atom stereocenters. The predicted molar refractivity (Wildman–Crippen MR) is 158 cm³/mol. The predicted octanol–water partition coefficient (Wildman–Crippen LogP) is 8.67. The first-order valence-corrected chi connectivity index (χ1v) is 13.3. The van der Waals surface area contributed by atoms with E-state index in [1.807, 2.05) is 11.3 Å². The van der Waals surface area contributed by atoms with Crippen LogP contribution in [0.2, 0.25) is 0 Å².